The number of aromatic nitrogens is 2. The van der Waals surface area contributed by atoms with Gasteiger partial charge in [0.25, 0.3) is 0 Å². The summed E-state index contributed by atoms with van der Waals surface area (Å²) in [4.78, 5) is 22.3. The van der Waals surface area contributed by atoms with Crippen LogP contribution in [0.5, 0.6) is 5.88 Å². The molecule has 1 aromatic rings. The first-order valence-electron chi connectivity index (χ1n) is 8.38. The maximum absolute atomic E-state index is 12.4. The molecule has 0 saturated carbocycles. The van der Waals surface area contributed by atoms with Gasteiger partial charge in [0, 0.05) is 30.8 Å². The van der Waals surface area contributed by atoms with E-state index in [1.165, 1.54) is 0 Å². The Bertz CT molecular complexity index is 554. The zero-order valence-corrected chi connectivity index (χ0v) is 15.6. The SMILES string of the molecule is Cc1cc(OCCC2CCCCN2C(=O)OC(C)(C)C)nc(Cl)n1. The Morgan fingerprint density at radius 2 is 2.12 bits per heavy atom. The minimum atomic E-state index is -0.481. The lowest BCUT2D eigenvalue weighted by molar-refractivity contribution is 0.00738. The predicted molar refractivity (Wildman–Crippen MR) is 92.5 cm³/mol. The van der Waals surface area contributed by atoms with Crippen molar-refractivity contribution in [2.45, 2.75) is 65.0 Å². The zero-order valence-electron chi connectivity index (χ0n) is 14.8. The van der Waals surface area contributed by atoms with Crippen LogP contribution in [-0.4, -0.2) is 45.8 Å². The van der Waals surface area contributed by atoms with Crippen molar-refractivity contribution < 1.29 is 14.3 Å². The van der Waals surface area contributed by atoms with Gasteiger partial charge >= 0.3 is 6.09 Å². The van der Waals surface area contributed by atoms with Gasteiger partial charge in [-0.1, -0.05) is 0 Å². The second-order valence-electron chi connectivity index (χ2n) is 7.08. The molecular weight excluding hydrogens is 330 g/mol. The summed E-state index contributed by atoms with van der Waals surface area (Å²) >= 11 is 5.83. The van der Waals surface area contributed by atoms with Crippen molar-refractivity contribution >= 4 is 17.7 Å². The minimum Gasteiger partial charge on any atom is -0.477 e. The number of hydrogen-bond acceptors (Lipinski definition) is 5. The third-order valence-electron chi connectivity index (χ3n) is 3.76. The molecule has 1 aliphatic heterocycles. The molecule has 1 saturated heterocycles. The molecule has 0 spiro atoms. The average Bonchev–Trinajstić information content (AvgIpc) is 2.45. The van der Waals surface area contributed by atoms with Crippen molar-refractivity contribution in [1.82, 2.24) is 14.9 Å². The molecule has 24 heavy (non-hydrogen) atoms. The van der Waals surface area contributed by atoms with E-state index in [1.54, 1.807) is 6.07 Å². The van der Waals surface area contributed by atoms with E-state index in [0.717, 1.165) is 37.9 Å². The molecule has 2 heterocycles. The van der Waals surface area contributed by atoms with Crippen LogP contribution in [0, 0.1) is 6.92 Å². The first-order chi connectivity index (χ1) is 11.2. The quantitative estimate of drug-likeness (QED) is 0.764. The standard InChI is InChI=1S/C17H26ClN3O3/c1-12-11-14(20-15(18)19-12)23-10-8-13-7-5-6-9-21(13)16(22)24-17(2,3)4/h11,13H,5-10H2,1-4H3. The summed E-state index contributed by atoms with van der Waals surface area (Å²) in [5.74, 6) is 0.465. The minimum absolute atomic E-state index is 0.131. The monoisotopic (exact) mass is 355 g/mol. The molecular formula is C17H26ClN3O3. The number of nitrogens with zero attached hydrogens (tertiary/aromatic N) is 3. The molecule has 0 radical (unpaired) electrons. The van der Waals surface area contributed by atoms with Crippen molar-refractivity contribution in [1.29, 1.82) is 0 Å². The smallest absolute Gasteiger partial charge is 0.410 e. The number of likely N-dealkylation sites (tertiary alicyclic amines) is 1. The molecule has 0 aliphatic carbocycles. The number of piperidine rings is 1. The van der Waals surface area contributed by atoms with Crippen LogP contribution in [0.4, 0.5) is 4.79 Å². The maximum Gasteiger partial charge on any atom is 0.410 e. The van der Waals surface area contributed by atoms with Gasteiger partial charge in [0.2, 0.25) is 11.2 Å². The first kappa shape index (κ1) is 18.8. The average molecular weight is 356 g/mol. The molecule has 1 amide bonds. The fourth-order valence-electron chi connectivity index (χ4n) is 2.74. The van der Waals surface area contributed by atoms with Gasteiger partial charge in [0.15, 0.2) is 0 Å². The number of rotatable bonds is 4. The molecule has 0 bridgehead atoms. The molecule has 1 aliphatic rings. The fraction of sp³-hybridized carbons (Fsp3) is 0.706. The van der Waals surface area contributed by atoms with Crippen LogP contribution in [0.25, 0.3) is 0 Å². The predicted octanol–water partition coefficient (Wildman–Crippen LogP) is 4.00. The van der Waals surface area contributed by atoms with Crippen molar-refractivity contribution in [3.05, 3.63) is 17.0 Å². The van der Waals surface area contributed by atoms with Gasteiger partial charge in [-0.3, -0.25) is 0 Å². The zero-order chi connectivity index (χ0) is 17.7. The molecule has 6 nitrogen and oxygen atoms in total. The summed E-state index contributed by atoms with van der Waals surface area (Å²) in [6, 6.07) is 1.88. The van der Waals surface area contributed by atoms with E-state index >= 15 is 0 Å². The van der Waals surface area contributed by atoms with Gasteiger partial charge in [0.1, 0.15) is 5.60 Å². The van der Waals surface area contributed by atoms with Gasteiger partial charge in [-0.2, -0.15) is 4.98 Å². The number of carbonyl (C=O) groups is 1. The van der Waals surface area contributed by atoms with Crippen LogP contribution in [0.1, 0.15) is 52.1 Å². The highest BCUT2D eigenvalue weighted by Gasteiger charge is 2.30. The lowest BCUT2D eigenvalue weighted by Gasteiger charge is -2.36. The summed E-state index contributed by atoms with van der Waals surface area (Å²) in [5, 5.41) is 0.179. The van der Waals surface area contributed by atoms with Crippen LogP contribution in [0.2, 0.25) is 5.28 Å². The molecule has 1 aromatic heterocycles. The number of amides is 1. The Labute approximate surface area is 148 Å². The van der Waals surface area contributed by atoms with E-state index in [0.29, 0.717) is 12.5 Å². The van der Waals surface area contributed by atoms with Crippen molar-refractivity contribution in [2.75, 3.05) is 13.2 Å². The topological polar surface area (TPSA) is 64.5 Å². The van der Waals surface area contributed by atoms with Crippen LogP contribution in [-0.2, 0) is 4.74 Å². The number of ether oxygens (including phenoxy) is 2. The number of aryl methyl sites for hydroxylation is 1. The molecule has 134 valence electrons. The van der Waals surface area contributed by atoms with Crippen molar-refractivity contribution in [2.24, 2.45) is 0 Å². The van der Waals surface area contributed by atoms with Crippen LogP contribution >= 0.6 is 11.6 Å². The van der Waals surface area contributed by atoms with Gasteiger partial charge in [-0.05, 0) is 58.6 Å². The highest BCUT2D eigenvalue weighted by molar-refractivity contribution is 6.28. The van der Waals surface area contributed by atoms with Crippen molar-refractivity contribution in [3.63, 3.8) is 0 Å². The second-order valence-corrected chi connectivity index (χ2v) is 7.42. The maximum atomic E-state index is 12.4. The highest BCUT2D eigenvalue weighted by Crippen LogP contribution is 2.23. The molecule has 0 aromatic carbocycles. The molecule has 7 heteroatoms. The van der Waals surface area contributed by atoms with Gasteiger partial charge in [0.05, 0.1) is 6.61 Å². The number of hydrogen-bond donors (Lipinski definition) is 0. The third kappa shape index (κ3) is 5.82. The van der Waals surface area contributed by atoms with Crippen LogP contribution in [0.15, 0.2) is 6.07 Å². The fourth-order valence-corrected chi connectivity index (χ4v) is 2.96. The van der Waals surface area contributed by atoms with Gasteiger partial charge in [-0.15, -0.1) is 0 Å². The molecule has 1 fully saturated rings. The Hall–Kier alpha value is -1.56. The van der Waals surface area contributed by atoms with E-state index < -0.39 is 5.60 Å². The number of carbonyl (C=O) groups excluding carboxylic acids is 1. The first-order valence-corrected chi connectivity index (χ1v) is 8.76. The highest BCUT2D eigenvalue weighted by atomic mass is 35.5. The van der Waals surface area contributed by atoms with Gasteiger partial charge < -0.3 is 14.4 Å². The third-order valence-corrected chi connectivity index (χ3v) is 3.93. The van der Waals surface area contributed by atoms with E-state index in [-0.39, 0.29) is 17.4 Å². The largest absolute Gasteiger partial charge is 0.477 e. The summed E-state index contributed by atoms with van der Waals surface area (Å²) in [6.07, 6.45) is 3.58. The number of halogens is 1. The lowest BCUT2D eigenvalue weighted by atomic mass is 10.0. The summed E-state index contributed by atoms with van der Waals surface area (Å²) in [5.41, 5.74) is 0.281. The van der Waals surface area contributed by atoms with E-state index in [2.05, 4.69) is 9.97 Å². The van der Waals surface area contributed by atoms with E-state index in [9.17, 15) is 4.79 Å². The van der Waals surface area contributed by atoms with Crippen LogP contribution < -0.4 is 4.74 Å². The summed E-state index contributed by atoms with van der Waals surface area (Å²) in [7, 11) is 0. The van der Waals surface area contributed by atoms with Gasteiger partial charge in [-0.25, -0.2) is 9.78 Å². The molecule has 1 atom stereocenters. The van der Waals surface area contributed by atoms with E-state index in [1.807, 2.05) is 32.6 Å². The normalized spacial score (nSPS) is 18.4. The van der Waals surface area contributed by atoms with Crippen LogP contribution in [0.3, 0.4) is 0 Å². The molecule has 2 rings (SSSR count). The molecule has 0 N–H and O–H groups in total. The Morgan fingerprint density at radius 3 is 2.79 bits per heavy atom. The Morgan fingerprint density at radius 1 is 1.38 bits per heavy atom. The Balaban J connectivity index is 1.90. The van der Waals surface area contributed by atoms with Crippen molar-refractivity contribution in [3.8, 4) is 5.88 Å². The summed E-state index contributed by atoms with van der Waals surface area (Å²) in [6.45, 7) is 8.69. The Kier molecular flexibility index (Phi) is 6.27. The second kappa shape index (κ2) is 8.01. The van der Waals surface area contributed by atoms with E-state index in [4.69, 9.17) is 21.1 Å². The summed E-state index contributed by atoms with van der Waals surface area (Å²) < 4.78 is 11.2. The molecule has 1 unspecified atom stereocenters. The lowest BCUT2D eigenvalue weighted by Crippen LogP contribution is -2.46.